The lowest BCUT2D eigenvalue weighted by molar-refractivity contribution is 0.474. The van der Waals surface area contributed by atoms with Crippen LogP contribution in [0.5, 0.6) is 5.75 Å². The number of nitrogens with zero attached hydrogens (tertiary/aromatic N) is 1. The van der Waals surface area contributed by atoms with E-state index < -0.39 is 0 Å². The fraction of sp³-hybridized carbons (Fsp3) is 0.308. The third kappa shape index (κ3) is 3.77. The highest BCUT2D eigenvalue weighted by Gasteiger charge is 1.95. The Morgan fingerprint density at radius 1 is 1.06 bits per heavy atom. The summed E-state index contributed by atoms with van der Waals surface area (Å²) in [5, 5.41) is 9.97. The van der Waals surface area contributed by atoms with Gasteiger partial charge in [-0.25, -0.2) is 0 Å². The van der Waals surface area contributed by atoms with Crippen molar-refractivity contribution in [3.05, 3.63) is 30.5 Å². The number of nitrogens with two attached hydrogens (primary N) is 1. The van der Waals surface area contributed by atoms with E-state index >= 15 is 0 Å². The highest BCUT2D eigenvalue weighted by molar-refractivity contribution is 5.82. The molecule has 0 unspecified atom stereocenters. The third-order valence-corrected chi connectivity index (χ3v) is 1.69. The summed E-state index contributed by atoms with van der Waals surface area (Å²) in [5.74, 6) is 0.160. The van der Waals surface area contributed by atoms with Gasteiger partial charge < -0.3 is 10.8 Å². The number of pyridine rings is 1. The van der Waals surface area contributed by atoms with Crippen LogP contribution in [0.25, 0.3) is 10.9 Å². The molecule has 0 aliphatic heterocycles. The van der Waals surface area contributed by atoms with E-state index in [1.54, 1.807) is 18.2 Å². The normalized spacial score (nSPS) is 8.50. The van der Waals surface area contributed by atoms with Crippen molar-refractivity contribution in [1.29, 1.82) is 0 Å². The van der Waals surface area contributed by atoms with Crippen LogP contribution in [0.15, 0.2) is 30.5 Å². The van der Waals surface area contributed by atoms with E-state index in [1.165, 1.54) is 6.20 Å². The van der Waals surface area contributed by atoms with Crippen LogP contribution in [-0.2, 0) is 0 Å². The molecular weight excluding hydrogens is 200 g/mol. The lowest BCUT2D eigenvalue weighted by atomic mass is 10.2. The number of rotatable bonds is 0. The molecule has 0 atom stereocenters. The number of hydrogen-bond acceptors (Lipinski definition) is 3. The first-order valence-corrected chi connectivity index (χ1v) is 5.60. The first-order chi connectivity index (χ1) is 7.75. The van der Waals surface area contributed by atoms with Gasteiger partial charge in [-0.05, 0) is 24.3 Å². The monoisotopic (exact) mass is 220 g/mol. The van der Waals surface area contributed by atoms with Crippen LogP contribution < -0.4 is 5.73 Å². The highest BCUT2D eigenvalue weighted by atomic mass is 16.3. The van der Waals surface area contributed by atoms with Gasteiger partial charge in [0.2, 0.25) is 0 Å². The summed E-state index contributed by atoms with van der Waals surface area (Å²) in [6, 6.07) is 7.03. The topological polar surface area (TPSA) is 59.1 Å². The van der Waals surface area contributed by atoms with E-state index in [0.717, 1.165) is 10.9 Å². The maximum atomic E-state index is 9.12. The second-order valence-corrected chi connectivity index (χ2v) is 2.65. The predicted molar refractivity (Wildman–Crippen MR) is 70.5 cm³/mol. The Morgan fingerprint density at radius 2 is 1.69 bits per heavy atom. The molecule has 2 rings (SSSR count). The lowest BCUT2D eigenvalue weighted by Gasteiger charge is -1.98. The van der Waals surface area contributed by atoms with Crippen LogP contribution in [0.3, 0.4) is 0 Å². The van der Waals surface area contributed by atoms with Gasteiger partial charge in [0.1, 0.15) is 5.75 Å². The molecule has 0 spiro atoms. The van der Waals surface area contributed by atoms with Crippen molar-refractivity contribution >= 4 is 16.6 Å². The third-order valence-electron chi connectivity index (χ3n) is 1.69. The number of fused-ring (bicyclic) bond motifs is 1. The van der Waals surface area contributed by atoms with Crippen LogP contribution in [0.2, 0.25) is 0 Å². The predicted octanol–water partition coefficient (Wildman–Crippen LogP) is 3.58. The molecule has 0 amide bonds. The highest BCUT2D eigenvalue weighted by Crippen LogP contribution is 2.18. The van der Waals surface area contributed by atoms with E-state index in [9.17, 15) is 0 Å². The minimum atomic E-state index is 0.160. The molecule has 0 fully saturated rings. The quantitative estimate of drug-likeness (QED) is 0.667. The number of hydrogen-bond donors (Lipinski definition) is 2. The van der Waals surface area contributed by atoms with Gasteiger partial charge in [0.15, 0.2) is 0 Å². The summed E-state index contributed by atoms with van der Waals surface area (Å²) < 4.78 is 0. The van der Waals surface area contributed by atoms with Crippen molar-refractivity contribution in [1.82, 2.24) is 4.98 Å². The summed E-state index contributed by atoms with van der Waals surface area (Å²) in [4.78, 5) is 4.02. The van der Waals surface area contributed by atoms with Gasteiger partial charge >= 0.3 is 0 Å². The summed E-state index contributed by atoms with van der Waals surface area (Å²) in [5.41, 5.74) is 7.08. The Labute approximate surface area is 96.9 Å². The molecule has 0 saturated carbocycles. The standard InChI is InChI=1S/C9H8N2O.2C2H6/c10-7-1-2-9-6(3-7)4-8(12)5-11-9;2*1-2/h1-5,12H,10H2;2*1-2H3. The minimum Gasteiger partial charge on any atom is -0.506 e. The average molecular weight is 220 g/mol. The molecule has 1 aromatic carbocycles. The van der Waals surface area contributed by atoms with Crippen molar-refractivity contribution in [3.63, 3.8) is 0 Å². The Hall–Kier alpha value is -1.77. The molecule has 0 radical (unpaired) electrons. The maximum Gasteiger partial charge on any atom is 0.134 e. The average Bonchev–Trinajstić information content (AvgIpc) is 2.33. The Morgan fingerprint density at radius 3 is 2.31 bits per heavy atom. The fourth-order valence-corrected chi connectivity index (χ4v) is 1.14. The van der Waals surface area contributed by atoms with Crippen LogP contribution in [0, 0.1) is 0 Å². The van der Waals surface area contributed by atoms with Crippen molar-refractivity contribution < 1.29 is 5.11 Å². The van der Waals surface area contributed by atoms with Gasteiger partial charge in [-0.3, -0.25) is 4.98 Å². The number of aromatic hydroxyl groups is 1. The van der Waals surface area contributed by atoms with E-state index in [-0.39, 0.29) is 5.75 Å². The van der Waals surface area contributed by atoms with Gasteiger partial charge in [-0.1, -0.05) is 27.7 Å². The first-order valence-electron chi connectivity index (χ1n) is 5.60. The van der Waals surface area contributed by atoms with E-state index in [0.29, 0.717) is 5.69 Å². The number of aromatic nitrogens is 1. The molecule has 3 N–H and O–H groups in total. The molecule has 16 heavy (non-hydrogen) atoms. The van der Waals surface area contributed by atoms with Crippen LogP contribution in [0.4, 0.5) is 5.69 Å². The van der Waals surface area contributed by atoms with Crippen LogP contribution in [-0.4, -0.2) is 10.1 Å². The molecule has 0 saturated heterocycles. The van der Waals surface area contributed by atoms with Crippen molar-refractivity contribution in [3.8, 4) is 5.75 Å². The largest absolute Gasteiger partial charge is 0.506 e. The van der Waals surface area contributed by atoms with Gasteiger partial charge in [0, 0.05) is 11.1 Å². The molecule has 1 heterocycles. The molecule has 0 aliphatic carbocycles. The van der Waals surface area contributed by atoms with Crippen LogP contribution in [0.1, 0.15) is 27.7 Å². The molecule has 0 aliphatic rings. The minimum absolute atomic E-state index is 0.160. The summed E-state index contributed by atoms with van der Waals surface area (Å²) in [6.07, 6.45) is 1.42. The van der Waals surface area contributed by atoms with Gasteiger partial charge in [0.25, 0.3) is 0 Å². The second-order valence-electron chi connectivity index (χ2n) is 2.65. The van der Waals surface area contributed by atoms with E-state index in [4.69, 9.17) is 10.8 Å². The molecule has 1 aromatic heterocycles. The van der Waals surface area contributed by atoms with Gasteiger partial charge in [0.05, 0.1) is 11.7 Å². The number of nitrogen functional groups attached to an aromatic ring is 1. The molecular formula is C13H20N2O. The van der Waals surface area contributed by atoms with Crippen molar-refractivity contribution in [2.45, 2.75) is 27.7 Å². The smallest absolute Gasteiger partial charge is 0.134 e. The molecule has 2 aromatic rings. The SMILES string of the molecule is CC.CC.Nc1ccc2ncc(O)cc2c1. The summed E-state index contributed by atoms with van der Waals surface area (Å²) in [6.45, 7) is 8.00. The van der Waals surface area contributed by atoms with Crippen molar-refractivity contribution in [2.75, 3.05) is 5.73 Å². The fourth-order valence-electron chi connectivity index (χ4n) is 1.14. The zero-order valence-electron chi connectivity index (χ0n) is 10.4. The van der Waals surface area contributed by atoms with Crippen LogP contribution >= 0.6 is 0 Å². The van der Waals surface area contributed by atoms with E-state index in [2.05, 4.69) is 4.98 Å². The van der Waals surface area contributed by atoms with E-state index in [1.807, 2.05) is 33.8 Å². The van der Waals surface area contributed by atoms with Gasteiger partial charge in [-0.2, -0.15) is 0 Å². The molecule has 3 nitrogen and oxygen atoms in total. The molecule has 88 valence electrons. The Kier molecular flexibility index (Phi) is 6.68. The summed E-state index contributed by atoms with van der Waals surface area (Å²) >= 11 is 0. The number of anilines is 1. The zero-order chi connectivity index (χ0) is 12.6. The molecule has 0 bridgehead atoms. The first kappa shape index (κ1) is 14.2. The van der Waals surface area contributed by atoms with Gasteiger partial charge in [-0.15, -0.1) is 0 Å². The maximum absolute atomic E-state index is 9.12. The zero-order valence-corrected chi connectivity index (χ0v) is 10.4. The Bertz CT molecular complexity index is 390. The Balaban J connectivity index is 0.000000509. The number of benzene rings is 1. The van der Waals surface area contributed by atoms with Crippen molar-refractivity contribution in [2.24, 2.45) is 0 Å². The second kappa shape index (κ2) is 7.51. The summed E-state index contributed by atoms with van der Waals surface area (Å²) in [7, 11) is 0. The molecule has 3 heteroatoms. The lowest BCUT2D eigenvalue weighted by Crippen LogP contribution is -1.84.